The highest BCUT2D eigenvalue weighted by molar-refractivity contribution is 7.89. The van der Waals surface area contributed by atoms with Crippen LogP contribution in [-0.4, -0.2) is 18.9 Å². The first-order valence-corrected chi connectivity index (χ1v) is 6.53. The molecule has 0 bridgehead atoms. The van der Waals surface area contributed by atoms with Gasteiger partial charge in [-0.05, 0) is 31.4 Å². The van der Waals surface area contributed by atoms with Crippen molar-refractivity contribution in [3.63, 3.8) is 0 Å². The lowest BCUT2D eigenvalue weighted by Gasteiger charge is -2.35. The first-order valence-electron chi connectivity index (χ1n) is 5.05. The minimum atomic E-state index is -4.08. The van der Waals surface area contributed by atoms with Gasteiger partial charge >= 0.3 is 0 Å². The summed E-state index contributed by atoms with van der Waals surface area (Å²) in [4.78, 5) is 3.49. The predicted octanol–water partition coefficient (Wildman–Crippen LogP) is 0.945. The SMILES string of the molecule is N#CC1(NS(=O)(=O)c2ncccc2F)CCC1. The molecule has 1 heterocycles. The normalized spacial score (nSPS) is 18.1. The third-order valence-corrected chi connectivity index (χ3v) is 4.20. The van der Waals surface area contributed by atoms with Gasteiger partial charge in [0.2, 0.25) is 5.03 Å². The number of pyridine rings is 1. The molecule has 17 heavy (non-hydrogen) atoms. The Labute approximate surface area is 98.3 Å². The number of nitriles is 1. The lowest BCUT2D eigenvalue weighted by atomic mass is 9.79. The molecule has 1 fully saturated rings. The number of aromatic nitrogens is 1. The van der Waals surface area contributed by atoms with Gasteiger partial charge in [0.25, 0.3) is 10.0 Å². The van der Waals surface area contributed by atoms with Gasteiger partial charge in [0.15, 0.2) is 5.82 Å². The summed E-state index contributed by atoms with van der Waals surface area (Å²) in [5, 5.41) is 8.26. The summed E-state index contributed by atoms with van der Waals surface area (Å²) >= 11 is 0. The van der Waals surface area contributed by atoms with E-state index in [1.807, 2.05) is 6.07 Å². The summed E-state index contributed by atoms with van der Waals surface area (Å²) in [5.41, 5.74) is -1.09. The second kappa shape index (κ2) is 4.05. The maximum Gasteiger partial charge on any atom is 0.262 e. The monoisotopic (exact) mass is 255 g/mol. The van der Waals surface area contributed by atoms with Crippen LogP contribution >= 0.6 is 0 Å². The summed E-state index contributed by atoms with van der Waals surface area (Å²) in [5.74, 6) is -0.924. The van der Waals surface area contributed by atoms with Crippen LogP contribution in [0.4, 0.5) is 4.39 Å². The summed E-state index contributed by atoms with van der Waals surface area (Å²) < 4.78 is 39.3. The molecule has 5 nitrogen and oxygen atoms in total. The molecule has 0 aromatic carbocycles. The van der Waals surface area contributed by atoms with Gasteiger partial charge in [-0.25, -0.2) is 17.8 Å². The van der Waals surface area contributed by atoms with Crippen LogP contribution in [0.3, 0.4) is 0 Å². The summed E-state index contributed by atoms with van der Waals surface area (Å²) in [6.45, 7) is 0. The Morgan fingerprint density at radius 1 is 1.53 bits per heavy atom. The van der Waals surface area contributed by atoms with E-state index >= 15 is 0 Å². The van der Waals surface area contributed by atoms with Gasteiger partial charge < -0.3 is 0 Å². The maximum atomic E-state index is 13.3. The predicted molar refractivity (Wildman–Crippen MR) is 56.7 cm³/mol. The number of halogens is 1. The molecule has 0 spiro atoms. The van der Waals surface area contributed by atoms with E-state index < -0.39 is 26.4 Å². The second-order valence-corrected chi connectivity index (χ2v) is 5.54. The lowest BCUT2D eigenvalue weighted by molar-refractivity contribution is 0.295. The molecule has 0 saturated heterocycles. The van der Waals surface area contributed by atoms with Crippen LogP contribution in [0.15, 0.2) is 23.4 Å². The van der Waals surface area contributed by atoms with E-state index in [2.05, 4.69) is 9.71 Å². The van der Waals surface area contributed by atoms with Crippen LogP contribution in [0.5, 0.6) is 0 Å². The Morgan fingerprint density at radius 2 is 2.24 bits per heavy atom. The van der Waals surface area contributed by atoms with E-state index in [1.54, 1.807) is 0 Å². The van der Waals surface area contributed by atoms with Gasteiger partial charge in [-0.1, -0.05) is 0 Å². The number of nitrogens with one attached hydrogen (secondary N) is 1. The summed E-state index contributed by atoms with van der Waals surface area (Å²) in [7, 11) is -4.08. The highest BCUT2D eigenvalue weighted by Gasteiger charge is 2.42. The lowest BCUT2D eigenvalue weighted by Crippen LogP contribution is -2.52. The number of rotatable bonds is 3. The quantitative estimate of drug-likeness (QED) is 0.871. The van der Waals surface area contributed by atoms with Gasteiger partial charge in [-0.3, -0.25) is 0 Å². The third-order valence-electron chi connectivity index (χ3n) is 2.73. The first-order chi connectivity index (χ1) is 7.99. The molecule has 0 radical (unpaired) electrons. The molecule has 1 aromatic rings. The van der Waals surface area contributed by atoms with E-state index in [0.29, 0.717) is 12.8 Å². The third kappa shape index (κ3) is 2.14. The van der Waals surface area contributed by atoms with Gasteiger partial charge in [-0.2, -0.15) is 9.98 Å². The molecular weight excluding hydrogens is 245 g/mol. The second-order valence-electron chi connectivity index (χ2n) is 3.94. The van der Waals surface area contributed by atoms with Gasteiger partial charge in [-0.15, -0.1) is 0 Å². The van der Waals surface area contributed by atoms with Crippen molar-refractivity contribution in [3.8, 4) is 6.07 Å². The molecule has 0 amide bonds. The Kier molecular flexibility index (Phi) is 2.85. The zero-order valence-corrected chi connectivity index (χ0v) is 9.67. The van der Waals surface area contributed by atoms with Gasteiger partial charge in [0.1, 0.15) is 5.54 Å². The largest absolute Gasteiger partial charge is 0.262 e. The Morgan fingerprint density at radius 3 is 2.71 bits per heavy atom. The molecule has 0 aliphatic heterocycles. The Balaban J connectivity index is 2.33. The van der Waals surface area contributed by atoms with Crippen LogP contribution < -0.4 is 4.72 Å². The average molecular weight is 255 g/mol. The zero-order valence-electron chi connectivity index (χ0n) is 8.85. The van der Waals surface area contributed by atoms with Gasteiger partial charge in [0.05, 0.1) is 6.07 Å². The van der Waals surface area contributed by atoms with E-state index in [1.165, 1.54) is 12.3 Å². The topological polar surface area (TPSA) is 82.9 Å². The number of hydrogen-bond acceptors (Lipinski definition) is 4. The molecule has 1 N–H and O–H groups in total. The highest BCUT2D eigenvalue weighted by atomic mass is 32.2. The molecule has 1 aromatic heterocycles. The number of nitrogens with zero attached hydrogens (tertiary/aromatic N) is 2. The fourth-order valence-electron chi connectivity index (χ4n) is 1.64. The zero-order chi connectivity index (χ0) is 12.5. The maximum absolute atomic E-state index is 13.3. The molecule has 2 rings (SSSR count). The molecule has 1 aliphatic rings. The van der Waals surface area contributed by atoms with E-state index in [-0.39, 0.29) is 0 Å². The van der Waals surface area contributed by atoms with Crippen molar-refractivity contribution in [3.05, 3.63) is 24.1 Å². The van der Waals surface area contributed by atoms with Crippen molar-refractivity contribution in [2.75, 3.05) is 0 Å². The molecule has 0 atom stereocenters. The van der Waals surface area contributed by atoms with Crippen molar-refractivity contribution in [2.24, 2.45) is 0 Å². The standard InChI is InChI=1S/C10H10FN3O2S/c11-8-3-1-6-13-9(8)17(15,16)14-10(7-12)4-2-5-10/h1,3,6,14H,2,4-5H2. The number of sulfonamides is 1. The van der Waals surface area contributed by atoms with Crippen molar-refractivity contribution in [1.82, 2.24) is 9.71 Å². The molecule has 1 aliphatic carbocycles. The number of hydrogen-bond donors (Lipinski definition) is 1. The summed E-state index contributed by atoms with van der Waals surface area (Å²) in [6, 6.07) is 4.24. The van der Waals surface area contributed by atoms with Crippen LogP contribution in [-0.2, 0) is 10.0 Å². The highest BCUT2D eigenvalue weighted by Crippen LogP contribution is 2.32. The van der Waals surface area contributed by atoms with E-state index in [9.17, 15) is 12.8 Å². The molecule has 90 valence electrons. The minimum Gasteiger partial charge on any atom is -0.241 e. The molecular formula is C10H10FN3O2S. The van der Waals surface area contributed by atoms with Crippen molar-refractivity contribution >= 4 is 10.0 Å². The Bertz CT molecular complexity index is 575. The van der Waals surface area contributed by atoms with E-state index in [0.717, 1.165) is 12.5 Å². The van der Waals surface area contributed by atoms with E-state index in [4.69, 9.17) is 5.26 Å². The van der Waals surface area contributed by atoms with Crippen LogP contribution in [0.2, 0.25) is 0 Å². The first kappa shape index (κ1) is 12.0. The smallest absolute Gasteiger partial charge is 0.241 e. The van der Waals surface area contributed by atoms with Crippen molar-refractivity contribution in [1.29, 1.82) is 5.26 Å². The summed E-state index contributed by atoms with van der Waals surface area (Å²) in [6.07, 6.45) is 2.85. The van der Waals surface area contributed by atoms with Crippen LogP contribution in [0.25, 0.3) is 0 Å². The fraction of sp³-hybridized carbons (Fsp3) is 0.400. The molecule has 0 unspecified atom stereocenters. The van der Waals surface area contributed by atoms with Crippen LogP contribution in [0, 0.1) is 17.1 Å². The molecule has 7 heteroatoms. The van der Waals surface area contributed by atoms with Gasteiger partial charge in [0, 0.05) is 6.20 Å². The average Bonchev–Trinajstić information content (AvgIpc) is 2.24. The van der Waals surface area contributed by atoms with Crippen molar-refractivity contribution < 1.29 is 12.8 Å². The molecule has 1 saturated carbocycles. The van der Waals surface area contributed by atoms with Crippen LogP contribution in [0.1, 0.15) is 19.3 Å². The fourth-order valence-corrected chi connectivity index (χ4v) is 3.03. The Hall–Kier alpha value is -1.52. The van der Waals surface area contributed by atoms with Crippen molar-refractivity contribution in [2.45, 2.75) is 29.8 Å². The minimum absolute atomic E-state index is 0.442.